The second-order valence-corrected chi connectivity index (χ2v) is 7.46. The number of carbonyl (C=O) groups excluding carboxylic acids is 2. The van der Waals surface area contributed by atoms with Crippen LogP contribution in [0.3, 0.4) is 0 Å². The van der Waals surface area contributed by atoms with Gasteiger partial charge in [0.05, 0.1) is 16.9 Å². The van der Waals surface area contributed by atoms with E-state index in [2.05, 4.69) is 15.6 Å². The fourth-order valence-corrected chi connectivity index (χ4v) is 3.91. The van der Waals surface area contributed by atoms with E-state index in [0.717, 1.165) is 6.07 Å². The van der Waals surface area contributed by atoms with Crippen molar-refractivity contribution in [1.29, 1.82) is 0 Å². The molecular weight excluding hydrogens is 403 g/mol. The summed E-state index contributed by atoms with van der Waals surface area (Å²) in [6.45, 7) is 1.71. The van der Waals surface area contributed by atoms with Crippen molar-refractivity contribution in [2.24, 2.45) is 0 Å². The first kappa shape index (κ1) is 20.7. The van der Waals surface area contributed by atoms with Crippen molar-refractivity contribution in [1.82, 2.24) is 20.2 Å². The number of benzene rings is 2. The van der Waals surface area contributed by atoms with Crippen molar-refractivity contribution in [3.8, 4) is 0 Å². The van der Waals surface area contributed by atoms with Crippen LogP contribution in [0.2, 0.25) is 0 Å². The summed E-state index contributed by atoms with van der Waals surface area (Å²) in [6.07, 6.45) is -0.701. The number of aryl methyl sites for hydroxylation is 1. The van der Waals surface area contributed by atoms with Gasteiger partial charge in [-0.05, 0) is 43.2 Å². The monoisotopic (exact) mass is 424 g/mol. The van der Waals surface area contributed by atoms with Gasteiger partial charge in [-0.2, -0.15) is 0 Å². The molecule has 0 aliphatic carbocycles. The van der Waals surface area contributed by atoms with Gasteiger partial charge in [0.2, 0.25) is 5.91 Å². The lowest BCUT2D eigenvalue weighted by Crippen LogP contribution is -2.48. The number of nitrogens with one attached hydrogen (secondary N) is 2. The molecule has 1 aliphatic rings. The number of fused-ring (bicyclic) bond motifs is 1. The third-order valence-electron chi connectivity index (χ3n) is 5.39. The van der Waals surface area contributed by atoms with Crippen molar-refractivity contribution in [3.05, 3.63) is 75.6 Å². The van der Waals surface area contributed by atoms with E-state index >= 15 is 0 Å². The predicted molar refractivity (Wildman–Crippen MR) is 111 cm³/mol. The smallest absolute Gasteiger partial charge is 0.262 e. The molecule has 2 heterocycles. The van der Waals surface area contributed by atoms with Crippen LogP contribution in [0.4, 0.5) is 4.39 Å². The lowest BCUT2D eigenvalue weighted by molar-refractivity contribution is -0.128. The summed E-state index contributed by atoms with van der Waals surface area (Å²) in [5, 5.41) is 15.8. The zero-order chi connectivity index (χ0) is 22.1. The molecule has 8 nitrogen and oxygen atoms in total. The van der Waals surface area contributed by atoms with E-state index in [1.165, 1.54) is 22.8 Å². The maximum atomic E-state index is 13.4. The second kappa shape index (κ2) is 8.27. The van der Waals surface area contributed by atoms with Gasteiger partial charge in [0.25, 0.3) is 11.5 Å². The van der Waals surface area contributed by atoms with Crippen molar-refractivity contribution in [2.45, 2.75) is 38.6 Å². The molecule has 1 fully saturated rings. The predicted octanol–water partition coefficient (Wildman–Crippen LogP) is 1.54. The highest BCUT2D eigenvalue weighted by Crippen LogP contribution is 2.23. The number of nitrogens with zero attached hydrogens (tertiary/aromatic N) is 2. The SMILES string of the molecule is Cc1nc2cccc(CNC(=O)c3cccc(F)c3)c2c(=O)n1C1CCC(=O)NC1O. The molecule has 160 valence electrons. The molecule has 4 rings (SSSR count). The van der Waals surface area contributed by atoms with Crippen LogP contribution >= 0.6 is 0 Å². The van der Waals surface area contributed by atoms with Gasteiger partial charge in [-0.3, -0.25) is 19.0 Å². The first-order valence-corrected chi connectivity index (χ1v) is 9.87. The van der Waals surface area contributed by atoms with Crippen LogP contribution in [0.25, 0.3) is 10.9 Å². The van der Waals surface area contributed by atoms with Gasteiger partial charge in [-0.15, -0.1) is 0 Å². The van der Waals surface area contributed by atoms with Gasteiger partial charge in [-0.25, -0.2) is 9.37 Å². The second-order valence-electron chi connectivity index (χ2n) is 7.46. The first-order chi connectivity index (χ1) is 14.8. The Morgan fingerprint density at radius 2 is 2.06 bits per heavy atom. The van der Waals surface area contributed by atoms with Crippen LogP contribution in [0.5, 0.6) is 0 Å². The van der Waals surface area contributed by atoms with E-state index in [9.17, 15) is 23.9 Å². The number of amides is 2. The van der Waals surface area contributed by atoms with Crippen LogP contribution in [0.15, 0.2) is 47.3 Å². The highest BCUT2D eigenvalue weighted by atomic mass is 19.1. The number of carbonyl (C=O) groups is 2. The lowest BCUT2D eigenvalue weighted by Gasteiger charge is -2.31. The van der Waals surface area contributed by atoms with Crippen LogP contribution in [0, 0.1) is 12.7 Å². The van der Waals surface area contributed by atoms with E-state index in [4.69, 9.17) is 0 Å². The Balaban J connectivity index is 1.69. The zero-order valence-corrected chi connectivity index (χ0v) is 16.8. The normalized spacial score (nSPS) is 18.6. The number of aliphatic hydroxyl groups excluding tert-OH is 1. The summed E-state index contributed by atoms with van der Waals surface area (Å²) in [4.78, 5) is 41.8. The molecule has 2 atom stereocenters. The van der Waals surface area contributed by atoms with E-state index < -0.39 is 24.0 Å². The summed E-state index contributed by atoms with van der Waals surface area (Å²) in [6, 6.07) is 9.82. The van der Waals surface area contributed by atoms with Gasteiger partial charge < -0.3 is 15.7 Å². The summed E-state index contributed by atoms with van der Waals surface area (Å²) in [5.41, 5.74) is 0.819. The first-order valence-electron chi connectivity index (χ1n) is 9.87. The molecule has 1 aromatic heterocycles. The number of aliphatic hydroxyl groups is 1. The highest BCUT2D eigenvalue weighted by molar-refractivity contribution is 5.94. The standard InChI is InChI=1S/C22H21FN4O4/c1-12-25-16-7-3-5-14(11-24-20(29)13-4-2-6-15(23)10-13)19(16)22(31)27(12)17-8-9-18(28)26-21(17)30/h2-7,10,17,21,30H,8-9,11H2,1H3,(H,24,29)(H,26,28). The molecule has 31 heavy (non-hydrogen) atoms. The molecular formula is C22H21FN4O4. The summed E-state index contributed by atoms with van der Waals surface area (Å²) < 4.78 is 14.8. The van der Waals surface area contributed by atoms with E-state index in [1.54, 1.807) is 25.1 Å². The fraction of sp³-hybridized carbons (Fsp3) is 0.273. The Kier molecular flexibility index (Phi) is 5.51. The van der Waals surface area contributed by atoms with Crippen molar-refractivity contribution in [2.75, 3.05) is 0 Å². The van der Waals surface area contributed by atoms with Crippen LogP contribution in [-0.4, -0.2) is 32.7 Å². The Morgan fingerprint density at radius 3 is 2.81 bits per heavy atom. The molecule has 1 aliphatic heterocycles. The number of aromatic nitrogens is 2. The molecule has 0 bridgehead atoms. The van der Waals surface area contributed by atoms with Crippen molar-refractivity contribution < 1.29 is 19.1 Å². The van der Waals surface area contributed by atoms with Crippen LogP contribution in [0.1, 0.15) is 40.6 Å². The third kappa shape index (κ3) is 4.04. The highest BCUT2D eigenvalue weighted by Gasteiger charge is 2.31. The van der Waals surface area contributed by atoms with E-state index in [-0.39, 0.29) is 30.0 Å². The number of halogens is 1. The molecule has 2 unspecified atom stereocenters. The average Bonchev–Trinajstić information content (AvgIpc) is 2.73. The zero-order valence-electron chi connectivity index (χ0n) is 16.8. The minimum absolute atomic E-state index is 0.0383. The Hall–Kier alpha value is -3.59. The van der Waals surface area contributed by atoms with Gasteiger partial charge in [0.1, 0.15) is 17.9 Å². The lowest BCUT2D eigenvalue weighted by atomic mass is 10.0. The molecule has 0 spiro atoms. The van der Waals surface area contributed by atoms with Crippen LogP contribution < -0.4 is 16.2 Å². The maximum absolute atomic E-state index is 13.4. The van der Waals surface area contributed by atoms with Crippen molar-refractivity contribution in [3.63, 3.8) is 0 Å². The molecule has 1 saturated heterocycles. The minimum Gasteiger partial charge on any atom is -0.372 e. The Labute approximate surface area is 176 Å². The van der Waals surface area contributed by atoms with E-state index in [0.29, 0.717) is 28.7 Å². The summed E-state index contributed by atoms with van der Waals surface area (Å²) >= 11 is 0. The van der Waals surface area contributed by atoms with Gasteiger partial charge in [-0.1, -0.05) is 18.2 Å². The molecule has 0 saturated carbocycles. The van der Waals surface area contributed by atoms with E-state index in [1.807, 2.05) is 0 Å². The number of rotatable bonds is 4. The molecule has 2 amide bonds. The average molecular weight is 424 g/mol. The van der Waals surface area contributed by atoms with Gasteiger partial charge in [0, 0.05) is 18.5 Å². The largest absolute Gasteiger partial charge is 0.372 e. The minimum atomic E-state index is -1.20. The van der Waals surface area contributed by atoms with Gasteiger partial charge >= 0.3 is 0 Å². The molecule has 0 radical (unpaired) electrons. The molecule has 3 N–H and O–H groups in total. The molecule has 3 aromatic rings. The summed E-state index contributed by atoms with van der Waals surface area (Å²) in [5.74, 6) is -0.844. The third-order valence-corrected chi connectivity index (χ3v) is 5.39. The number of hydrogen-bond acceptors (Lipinski definition) is 5. The van der Waals surface area contributed by atoms with Crippen molar-refractivity contribution >= 4 is 22.7 Å². The molecule has 9 heteroatoms. The maximum Gasteiger partial charge on any atom is 0.262 e. The fourth-order valence-electron chi connectivity index (χ4n) is 3.91. The van der Waals surface area contributed by atoms with Gasteiger partial charge in [0.15, 0.2) is 0 Å². The Morgan fingerprint density at radius 1 is 1.29 bits per heavy atom. The topological polar surface area (TPSA) is 113 Å². The summed E-state index contributed by atoms with van der Waals surface area (Å²) in [7, 11) is 0. The number of hydrogen-bond donors (Lipinski definition) is 3. The molecule has 2 aromatic carbocycles. The number of piperidine rings is 1. The quantitative estimate of drug-likeness (QED) is 0.588. The Bertz CT molecular complexity index is 1240. The van der Waals surface area contributed by atoms with Crippen LogP contribution in [-0.2, 0) is 11.3 Å².